The van der Waals surface area contributed by atoms with Gasteiger partial charge in [-0.25, -0.2) is 0 Å². The summed E-state index contributed by atoms with van der Waals surface area (Å²) in [6, 6.07) is 5.26. The van der Waals surface area contributed by atoms with Gasteiger partial charge in [-0.1, -0.05) is 33.6 Å². The first-order valence-corrected chi connectivity index (χ1v) is 7.89. The molecule has 17 heavy (non-hydrogen) atoms. The maximum atomic E-state index is 3.72. The summed E-state index contributed by atoms with van der Waals surface area (Å²) in [5.41, 5.74) is 0. The van der Waals surface area contributed by atoms with Crippen LogP contribution in [0.15, 0.2) is 12.1 Å². The van der Waals surface area contributed by atoms with Crippen LogP contribution < -0.4 is 5.32 Å². The van der Waals surface area contributed by atoms with Gasteiger partial charge in [0.15, 0.2) is 0 Å². The van der Waals surface area contributed by atoms with Crippen molar-refractivity contribution in [3.8, 4) is 0 Å². The fourth-order valence-corrected chi connectivity index (χ4v) is 4.21. The van der Waals surface area contributed by atoms with Crippen LogP contribution in [0.3, 0.4) is 0 Å². The lowest BCUT2D eigenvalue weighted by Crippen LogP contribution is -2.28. The fraction of sp³-hybridized carbons (Fsp3) is 0.733. The highest BCUT2D eigenvalue weighted by Gasteiger charge is 2.31. The standard InChI is InChI=1S/C15H25NS/c1-4-12-9-10-14(17-12)15(16-5-2)13-8-6-7-11(13)3/h9-11,13,15-16H,4-8H2,1-3H3. The molecule has 2 heteroatoms. The zero-order valence-electron chi connectivity index (χ0n) is 11.3. The number of aryl methyl sites for hydroxylation is 1. The van der Waals surface area contributed by atoms with Gasteiger partial charge in [0.2, 0.25) is 0 Å². The minimum Gasteiger partial charge on any atom is -0.309 e. The van der Waals surface area contributed by atoms with Gasteiger partial charge in [-0.2, -0.15) is 0 Å². The summed E-state index contributed by atoms with van der Waals surface area (Å²) in [7, 11) is 0. The molecule has 1 aliphatic carbocycles. The third-order valence-corrected chi connectivity index (χ3v) is 5.43. The normalized spacial score (nSPS) is 26.3. The van der Waals surface area contributed by atoms with Gasteiger partial charge in [0.1, 0.15) is 0 Å². The molecule has 1 aromatic rings. The van der Waals surface area contributed by atoms with E-state index in [0.29, 0.717) is 6.04 Å². The first kappa shape index (κ1) is 13.1. The molecule has 3 unspecified atom stereocenters. The molecule has 1 fully saturated rings. The Morgan fingerprint density at radius 3 is 2.71 bits per heavy atom. The molecule has 1 aromatic heterocycles. The van der Waals surface area contributed by atoms with Crippen molar-refractivity contribution < 1.29 is 0 Å². The summed E-state index contributed by atoms with van der Waals surface area (Å²) in [5, 5.41) is 3.72. The van der Waals surface area contributed by atoms with Crippen molar-refractivity contribution in [2.45, 2.75) is 52.5 Å². The van der Waals surface area contributed by atoms with Crippen LogP contribution >= 0.6 is 11.3 Å². The van der Waals surface area contributed by atoms with Crippen LogP contribution in [0.2, 0.25) is 0 Å². The first-order valence-electron chi connectivity index (χ1n) is 7.08. The van der Waals surface area contributed by atoms with E-state index in [0.717, 1.165) is 18.4 Å². The zero-order chi connectivity index (χ0) is 12.3. The lowest BCUT2D eigenvalue weighted by atomic mass is 9.89. The van der Waals surface area contributed by atoms with E-state index in [1.54, 1.807) is 4.88 Å². The maximum absolute atomic E-state index is 3.72. The molecule has 3 atom stereocenters. The molecule has 0 amide bonds. The van der Waals surface area contributed by atoms with E-state index < -0.39 is 0 Å². The van der Waals surface area contributed by atoms with Crippen LogP contribution in [-0.2, 0) is 6.42 Å². The van der Waals surface area contributed by atoms with Gasteiger partial charge in [-0.05, 0) is 43.4 Å². The molecule has 2 rings (SSSR count). The Balaban J connectivity index is 2.15. The van der Waals surface area contributed by atoms with Crippen molar-refractivity contribution in [2.75, 3.05) is 6.54 Å². The van der Waals surface area contributed by atoms with Crippen molar-refractivity contribution in [3.05, 3.63) is 21.9 Å². The Morgan fingerprint density at radius 2 is 2.18 bits per heavy atom. The molecule has 0 radical (unpaired) electrons. The second-order valence-corrected chi connectivity index (χ2v) is 6.46. The van der Waals surface area contributed by atoms with Gasteiger partial charge >= 0.3 is 0 Å². The Hall–Kier alpha value is -0.340. The summed E-state index contributed by atoms with van der Waals surface area (Å²) in [4.78, 5) is 3.08. The van der Waals surface area contributed by atoms with E-state index in [1.165, 1.54) is 30.6 Å². The van der Waals surface area contributed by atoms with Crippen LogP contribution in [0, 0.1) is 11.8 Å². The Kier molecular flexibility index (Phi) is 4.63. The fourth-order valence-electron chi connectivity index (χ4n) is 3.10. The molecule has 96 valence electrons. The van der Waals surface area contributed by atoms with Crippen LogP contribution in [0.1, 0.15) is 55.8 Å². The van der Waals surface area contributed by atoms with Gasteiger partial charge < -0.3 is 5.32 Å². The highest BCUT2D eigenvalue weighted by atomic mass is 32.1. The van der Waals surface area contributed by atoms with Crippen LogP contribution in [0.5, 0.6) is 0 Å². The minimum atomic E-state index is 0.600. The molecule has 1 aliphatic rings. The average Bonchev–Trinajstić information content (AvgIpc) is 2.95. The molecule has 1 heterocycles. The molecular formula is C15H25NS. The van der Waals surface area contributed by atoms with Crippen molar-refractivity contribution in [2.24, 2.45) is 11.8 Å². The number of nitrogens with one attached hydrogen (secondary N) is 1. The van der Waals surface area contributed by atoms with Crippen molar-refractivity contribution in [3.63, 3.8) is 0 Å². The molecule has 0 aromatic carbocycles. The first-order chi connectivity index (χ1) is 8.26. The highest BCUT2D eigenvalue weighted by Crippen LogP contribution is 2.41. The summed E-state index contributed by atoms with van der Waals surface area (Å²) in [5.74, 6) is 1.73. The lowest BCUT2D eigenvalue weighted by molar-refractivity contribution is 0.309. The molecular weight excluding hydrogens is 226 g/mol. The molecule has 0 saturated heterocycles. The summed E-state index contributed by atoms with van der Waals surface area (Å²) < 4.78 is 0. The number of rotatable bonds is 5. The van der Waals surface area contributed by atoms with Crippen molar-refractivity contribution in [1.82, 2.24) is 5.32 Å². The second kappa shape index (κ2) is 6.01. The van der Waals surface area contributed by atoms with Gasteiger partial charge in [0.05, 0.1) is 0 Å². The predicted molar refractivity (Wildman–Crippen MR) is 76.6 cm³/mol. The molecule has 0 spiro atoms. The van der Waals surface area contributed by atoms with Gasteiger partial charge in [-0.15, -0.1) is 11.3 Å². The van der Waals surface area contributed by atoms with Crippen molar-refractivity contribution in [1.29, 1.82) is 0 Å². The molecule has 1 nitrogen and oxygen atoms in total. The largest absolute Gasteiger partial charge is 0.309 e. The summed E-state index contributed by atoms with van der Waals surface area (Å²) in [6.07, 6.45) is 5.40. The van der Waals surface area contributed by atoms with E-state index in [-0.39, 0.29) is 0 Å². The Labute approximate surface area is 110 Å². The van der Waals surface area contributed by atoms with E-state index in [9.17, 15) is 0 Å². The number of thiophene rings is 1. The molecule has 1 saturated carbocycles. The molecule has 0 aliphatic heterocycles. The van der Waals surface area contributed by atoms with E-state index in [2.05, 4.69) is 38.2 Å². The topological polar surface area (TPSA) is 12.0 Å². The zero-order valence-corrected chi connectivity index (χ0v) is 12.1. The van der Waals surface area contributed by atoms with E-state index >= 15 is 0 Å². The quantitative estimate of drug-likeness (QED) is 0.818. The third kappa shape index (κ3) is 2.92. The number of hydrogen-bond donors (Lipinski definition) is 1. The van der Waals surface area contributed by atoms with E-state index in [4.69, 9.17) is 0 Å². The highest BCUT2D eigenvalue weighted by molar-refractivity contribution is 7.12. The Morgan fingerprint density at radius 1 is 1.35 bits per heavy atom. The maximum Gasteiger partial charge on any atom is 0.0446 e. The van der Waals surface area contributed by atoms with Gasteiger partial charge in [-0.3, -0.25) is 0 Å². The summed E-state index contributed by atoms with van der Waals surface area (Å²) in [6.45, 7) is 7.97. The second-order valence-electron chi connectivity index (χ2n) is 5.27. The monoisotopic (exact) mass is 251 g/mol. The average molecular weight is 251 g/mol. The minimum absolute atomic E-state index is 0.600. The molecule has 1 N–H and O–H groups in total. The van der Waals surface area contributed by atoms with E-state index in [1.807, 2.05) is 11.3 Å². The predicted octanol–water partition coefficient (Wildman–Crippen LogP) is 4.40. The van der Waals surface area contributed by atoms with Crippen LogP contribution in [-0.4, -0.2) is 6.54 Å². The number of hydrogen-bond acceptors (Lipinski definition) is 2. The van der Waals surface area contributed by atoms with Crippen LogP contribution in [0.25, 0.3) is 0 Å². The Bertz CT molecular complexity index is 344. The molecule has 0 bridgehead atoms. The van der Waals surface area contributed by atoms with Crippen LogP contribution in [0.4, 0.5) is 0 Å². The SMILES string of the molecule is CCNC(c1ccc(CC)s1)C1CCCC1C. The van der Waals surface area contributed by atoms with Gasteiger partial charge in [0.25, 0.3) is 0 Å². The smallest absolute Gasteiger partial charge is 0.0446 e. The third-order valence-electron chi connectivity index (χ3n) is 4.12. The van der Waals surface area contributed by atoms with Crippen molar-refractivity contribution >= 4 is 11.3 Å². The summed E-state index contributed by atoms with van der Waals surface area (Å²) >= 11 is 2.01. The lowest BCUT2D eigenvalue weighted by Gasteiger charge is -2.26. The van der Waals surface area contributed by atoms with Gasteiger partial charge in [0, 0.05) is 15.8 Å².